The van der Waals surface area contributed by atoms with Crippen LogP contribution < -0.4 is 5.32 Å². The lowest BCUT2D eigenvalue weighted by atomic mass is 10.1. The number of hydrogen-bond acceptors (Lipinski definition) is 2. The second-order valence-corrected chi connectivity index (χ2v) is 5.64. The van der Waals surface area contributed by atoms with E-state index in [1.54, 1.807) is 0 Å². The molecule has 1 N–H and O–H groups in total. The molecular weight excluding hydrogens is 246 g/mol. The van der Waals surface area contributed by atoms with Crippen LogP contribution in [0.2, 0.25) is 0 Å². The monoisotopic (exact) mass is 277 g/mol. The number of likely N-dealkylation sites (N-methyl/N-ethyl adjacent to an activating group) is 1. The molecular formula is C18H31NO. The van der Waals surface area contributed by atoms with Crippen molar-refractivity contribution >= 4 is 0 Å². The summed E-state index contributed by atoms with van der Waals surface area (Å²) < 4.78 is 5.92. The zero-order chi connectivity index (χ0) is 14.6. The summed E-state index contributed by atoms with van der Waals surface area (Å²) in [4.78, 5) is 0. The van der Waals surface area contributed by atoms with Crippen LogP contribution in [0, 0.1) is 0 Å². The van der Waals surface area contributed by atoms with Gasteiger partial charge in [-0.25, -0.2) is 0 Å². The molecule has 1 rings (SSSR count). The highest BCUT2D eigenvalue weighted by Crippen LogP contribution is 2.11. The predicted molar refractivity (Wildman–Crippen MR) is 87.1 cm³/mol. The van der Waals surface area contributed by atoms with E-state index >= 15 is 0 Å². The molecule has 0 saturated heterocycles. The molecule has 1 aromatic carbocycles. The van der Waals surface area contributed by atoms with Gasteiger partial charge >= 0.3 is 0 Å². The zero-order valence-corrected chi connectivity index (χ0v) is 13.5. The topological polar surface area (TPSA) is 21.3 Å². The third-order valence-corrected chi connectivity index (χ3v) is 3.69. The van der Waals surface area contributed by atoms with Crippen molar-refractivity contribution < 1.29 is 4.74 Å². The van der Waals surface area contributed by atoms with Crippen LogP contribution in [0.4, 0.5) is 0 Å². The summed E-state index contributed by atoms with van der Waals surface area (Å²) >= 11 is 0. The van der Waals surface area contributed by atoms with E-state index in [1.165, 1.54) is 43.2 Å². The largest absolute Gasteiger partial charge is 0.374 e. The summed E-state index contributed by atoms with van der Waals surface area (Å²) in [6.07, 6.45) is 7.92. The Kier molecular flexibility index (Phi) is 9.35. The lowest BCUT2D eigenvalue weighted by Crippen LogP contribution is -2.10. The quantitative estimate of drug-likeness (QED) is 0.608. The molecule has 0 bridgehead atoms. The van der Waals surface area contributed by atoms with E-state index < -0.39 is 0 Å². The first kappa shape index (κ1) is 17.2. The zero-order valence-electron chi connectivity index (χ0n) is 13.5. The molecule has 0 aromatic heterocycles. The van der Waals surface area contributed by atoms with Gasteiger partial charge in [-0.15, -0.1) is 0 Å². The van der Waals surface area contributed by atoms with Crippen molar-refractivity contribution in [2.75, 3.05) is 13.6 Å². The van der Waals surface area contributed by atoms with Crippen LogP contribution in [0.15, 0.2) is 24.3 Å². The molecule has 20 heavy (non-hydrogen) atoms. The average molecular weight is 277 g/mol. The third kappa shape index (κ3) is 7.66. The summed E-state index contributed by atoms with van der Waals surface area (Å²) in [5, 5.41) is 3.17. The van der Waals surface area contributed by atoms with E-state index in [1.807, 2.05) is 7.05 Å². The minimum atomic E-state index is 0.371. The summed E-state index contributed by atoms with van der Waals surface area (Å²) in [7, 11) is 1.99. The van der Waals surface area contributed by atoms with Crippen LogP contribution >= 0.6 is 0 Å². The van der Waals surface area contributed by atoms with Gasteiger partial charge in [0.05, 0.1) is 12.7 Å². The summed E-state index contributed by atoms with van der Waals surface area (Å²) in [6.45, 7) is 6.21. The minimum Gasteiger partial charge on any atom is -0.374 e. The lowest BCUT2D eigenvalue weighted by molar-refractivity contribution is 0.0459. The molecule has 0 spiro atoms. The van der Waals surface area contributed by atoms with Gasteiger partial charge in [0.25, 0.3) is 0 Å². The summed E-state index contributed by atoms with van der Waals surface area (Å²) in [5.41, 5.74) is 2.66. The molecule has 0 heterocycles. The third-order valence-electron chi connectivity index (χ3n) is 3.69. The number of benzene rings is 1. The normalized spacial score (nSPS) is 12.6. The van der Waals surface area contributed by atoms with Crippen molar-refractivity contribution in [3.63, 3.8) is 0 Å². The maximum Gasteiger partial charge on any atom is 0.0720 e. The Labute approximate surface area is 124 Å². The number of rotatable bonds is 11. The summed E-state index contributed by atoms with van der Waals surface area (Å²) in [5.74, 6) is 0. The van der Waals surface area contributed by atoms with Crippen molar-refractivity contribution in [3.8, 4) is 0 Å². The van der Waals surface area contributed by atoms with Gasteiger partial charge in [-0.3, -0.25) is 0 Å². The highest BCUT2D eigenvalue weighted by atomic mass is 16.5. The molecule has 0 aliphatic carbocycles. The molecule has 2 heteroatoms. The fourth-order valence-corrected chi connectivity index (χ4v) is 2.25. The van der Waals surface area contributed by atoms with Crippen molar-refractivity contribution in [1.29, 1.82) is 0 Å². The van der Waals surface area contributed by atoms with Gasteiger partial charge in [-0.05, 0) is 44.5 Å². The van der Waals surface area contributed by atoms with Crippen LogP contribution in [0.3, 0.4) is 0 Å². The van der Waals surface area contributed by atoms with E-state index in [-0.39, 0.29) is 0 Å². The van der Waals surface area contributed by atoms with Gasteiger partial charge in [0.2, 0.25) is 0 Å². The standard InChI is InChI=1S/C18H31NO/c1-4-5-6-7-8-16(2)20-15-18-11-9-17(10-12-18)13-14-19-3/h9-12,16,19H,4-8,13-15H2,1-3H3. The van der Waals surface area contributed by atoms with Gasteiger partial charge in [0.15, 0.2) is 0 Å². The van der Waals surface area contributed by atoms with Crippen molar-refractivity contribution in [2.45, 2.75) is 65.1 Å². The first-order valence-electron chi connectivity index (χ1n) is 8.10. The fourth-order valence-electron chi connectivity index (χ4n) is 2.25. The Balaban J connectivity index is 2.20. The molecule has 0 aliphatic heterocycles. The highest BCUT2D eigenvalue weighted by Gasteiger charge is 2.03. The minimum absolute atomic E-state index is 0.371. The Bertz CT molecular complexity index is 334. The van der Waals surface area contributed by atoms with E-state index in [2.05, 4.69) is 43.4 Å². The average Bonchev–Trinajstić information content (AvgIpc) is 2.48. The molecule has 114 valence electrons. The fraction of sp³-hybridized carbons (Fsp3) is 0.667. The summed E-state index contributed by atoms with van der Waals surface area (Å²) in [6, 6.07) is 8.80. The van der Waals surface area contributed by atoms with Crippen LogP contribution in [0.25, 0.3) is 0 Å². The predicted octanol–water partition coefficient (Wildman–Crippen LogP) is 4.32. The van der Waals surface area contributed by atoms with Gasteiger partial charge in [0.1, 0.15) is 0 Å². The lowest BCUT2D eigenvalue weighted by Gasteiger charge is -2.13. The van der Waals surface area contributed by atoms with Crippen LogP contribution in [0.5, 0.6) is 0 Å². The molecule has 1 atom stereocenters. The van der Waals surface area contributed by atoms with E-state index in [4.69, 9.17) is 4.74 Å². The first-order chi connectivity index (χ1) is 9.76. The molecule has 0 aliphatic rings. The smallest absolute Gasteiger partial charge is 0.0720 e. The van der Waals surface area contributed by atoms with Crippen molar-refractivity contribution in [2.24, 2.45) is 0 Å². The first-order valence-corrected chi connectivity index (χ1v) is 8.10. The van der Waals surface area contributed by atoms with Crippen LogP contribution in [0.1, 0.15) is 57.1 Å². The number of unbranched alkanes of at least 4 members (excludes halogenated alkanes) is 3. The second-order valence-electron chi connectivity index (χ2n) is 5.64. The van der Waals surface area contributed by atoms with E-state index in [0.29, 0.717) is 6.10 Å². The molecule has 1 unspecified atom stereocenters. The molecule has 0 saturated carbocycles. The maximum atomic E-state index is 5.92. The van der Waals surface area contributed by atoms with Crippen LogP contribution in [-0.2, 0) is 17.8 Å². The SMILES string of the molecule is CCCCCCC(C)OCc1ccc(CCNC)cc1. The Morgan fingerprint density at radius 2 is 1.75 bits per heavy atom. The van der Waals surface area contributed by atoms with E-state index in [9.17, 15) is 0 Å². The number of hydrogen-bond donors (Lipinski definition) is 1. The second kappa shape index (κ2) is 10.9. The van der Waals surface area contributed by atoms with Crippen molar-refractivity contribution in [3.05, 3.63) is 35.4 Å². The molecule has 0 radical (unpaired) electrons. The number of ether oxygens (including phenoxy) is 1. The van der Waals surface area contributed by atoms with Gasteiger partial charge in [0, 0.05) is 0 Å². The number of nitrogens with one attached hydrogen (secondary N) is 1. The Morgan fingerprint density at radius 1 is 1.05 bits per heavy atom. The van der Waals surface area contributed by atoms with Gasteiger partial charge in [-0.2, -0.15) is 0 Å². The highest BCUT2D eigenvalue weighted by molar-refractivity contribution is 5.22. The van der Waals surface area contributed by atoms with Crippen molar-refractivity contribution in [1.82, 2.24) is 5.32 Å². The van der Waals surface area contributed by atoms with E-state index in [0.717, 1.165) is 19.6 Å². The van der Waals surface area contributed by atoms with Gasteiger partial charge in [-0.1, -0.05) is 56.9 Å². The Morgan fingerprint density at radius 3 is 2.40 bits per heavy atom. The maximum absolute atomic E-state index is 5.92. The molecule has 0 fully saturated rings. The molecule has 2 nitrogen and oxygen atoms in total. The molecule has 1 aromatic rings. The van der Waals surface area contributed by atoms with Gasteiger partial charge < -0.3 is 10.1 Å². The Hall–Kier alpha value is -0.860. The van der Waals surface area contributed by atoms with Crippen LogP contribution in [-0.4, -0.2) is 19.7 Å². The molecule has 0 amide bonds.